The number of hydrogen-bond acceptors (Lipinski definition) is 7. The van der Waals surface area contributed by atoms with Crippen LogP contribution in [0.5, 0.6) is 11.5 Å². The molecule has 142 valence electrons. The summed E-state index contributed by atoms with van der Waals surface area (Å²) in [5, 5.41) is 10.8. The van der Waals surface area contributed by atoms with Crippen LogP contribution in [0.2, 0.25) is 0 Å². The van der Waals surface area contributed by atoms with Crippen molar-refractivity contribution in [1.82, 2.24) is 0 Å². The molecule has 0 heterocycles. The molecule has 2 aromatic rings. The number of ether oxygens (including phenoxy) is 3. The van der Waals surface area contributed by atoms with Gasteiger partial charge in [-0.25, -0.2) is 4.79 Å². The molecule has 27 heavy (non-hydrogen) atoms. The Morgan fingerprint density at radius 3 is 2.52 bits per heavy atom. The van der Waals surface area contributed by atoms with Crippen LogP contribution in [0.25, 0.3) is 0 Å². The minimum Gasteiger partial charge on any atom is -0.490 e. The van der Waals surface area contributed by atoms with Gasteiger partial charge in [0.1, 0.15) is 5.75 Å². The average Bonchev–Trinajstić information content (AvgIpc) is 2.69. The van der Waals surface area contributed by atoms with Crippen molar-refractivity contribution in [3.8, 4) is 11.5 Å². The highest BCUT2D eigenvalue weighted by Gasteiger charge is 2.16. The highest BCUT2D eigenvalue weighted by molar-refractivity contribution is 5.95. The molecule has 0 aliphatic rings. The van der Waals surface area contributed by atoms with E-state index in [1.54, 1.807) is 24.3 Å². The van der Waals surface area contributed by atoms with Crippen LogP contribution in [-0.4, -0.2) is 37.0 Å². The quantitative estimate of drug-likeness (QED) is 0.207. The van der Waals surface area contributed by atoms with Crippen LogP contribution < -0.4 is 9.47 Å². The third kappa shape index (κ3) is 6.10. The minimum atomic E-state index is -0.598. The predicted molar refractivity (Wildman–Crippen MR) is 96.1 cm³/mol. The van der Waals surface area contributed by atoms with Crippen molar-refractivity contribution in [2.45, 2.75) is 12.8 Å². The summed E-state index contributed by atoms with van der Waals surface area (Å²) < 4.78 is 15.2. The molecular formula is C19H19NO7. The van der Waals surface area contributed by atoms with Crippen LogP contribution in [0.3, 0.4) is 0 Å². The third-order valence-electron chi connectivity index (χ3n) is 3.61. The number of Topliss-reactive ketones (excluding diaryl/α,β-unsaturated/α-hetero) is 1. The Labute approximate surface area is 155 Å². The van der Waals surface area contributed by atoms with Gasteiger partial charge in [0, 0.05) is 24.1 Å². The first-order chi connectivity index (χ1) is 13.0. The number of ketones is 1. The molecule has 0 saturated carbocycles. The van der Waals surface area contributed by atoms with E-state index < -0.39 is 10.9 Å². The van der Waals surface area contributed by atoms with E-state index in [0.717, 1.165) is 0 Å². The highest BCUT2D eigenvalue weighted by atomic mass is 16.6. The number of methoxy groups -OCH3 is 1. The number of nitrogens with zero attached hydrogens (tertiary/aromatic N) is 1. The largest absolute Gasteiger partial charge is 0.490 e. The van der Waals surface area contributed by atoms with Gasteiger partial charge < -0.3 is 14.2 Å². The molecule has 0 atom stereocenters. The summed E-state index contributed by atoms with van der Waals surface area (Å²) in [6.07, 6.45) is 0.683. The maximum atomic E-state index is 11.9. The molecule has 2 aromatic carbocycles. The van der Waals surface area contributed by atoms with Crippen molar-refractivity contribution < 1.29 is 28.7 Å². The molecule has 0 spiro atoms. The van der Waals surface area contributed by atoms with Crippen LogP contribution in [-0.2, 0) is 9.53 Å². The molecule has 8 heteroatoms. The van der Waals surface area contributed by atoms with E-state index in [1.807, 2.05) is 6.07 Å². The van der Waals surface area contributed by atoms with Gasteiger partial charge >= 0.3 is 11.7 Å². The van der Waals surface area contributed by atoms with Gasteiger partial charge in [0.2, 0.25) is 5.75 Å². The molecule has 2 rings (SSSR count). The monoisotopic (exact) mass is 373 g/mol. The smallest absolute Gasteiger partial charge is 0.344 e. The number of nitro groups is 1. The van der Waals surface area contributed by atoms with E-state index in [-0.39, 0.29) is 42.6 Å². The zero-order valence-corrected chi connectivity index (χ0v) is 14.8. The second-order valence-electron chi connectivity index (χ2n) is 5.49. The highest BCUT2D eigenvalue weighted by Crippen LogP contribution is 2.30. The Hall–Kier alpha value is -3.42. The first-order valence-corrected chi connectivity index (χ1v) is 8.20. The number of carbonyl (C=O) groups excluding carboxylic acids is 2. The minimum absolute atomic E-state index is 0.0131. The number of hydrogen-bond donors (Lipinski definition) is 0. The Morgan fingerprint density at radius 2 is 1.85 bits per heavy atom. The Morgan fingerprint density at radius 1 is 1.11 bits per heavy atom. The molecular weight excluding hydrogens is 354 g/mol. The second kappa shape index (κ2) is 9.91. The Balaban J connectivity index is 1.72. The first kappa shape index (κ1) is 19.9. The van der Waals surface area contributed by atoms with E-state index in [2.05, 4.69) is 0 Å². The molecule has 0 bridgehead atoms. The summed E-state index contributed by atoms with van der Waals surface area (Å²) in [5.74, 6) is -0.334. The van der Waals surface area contributed by atoms with E-state index in [0.29, 0.717) is 12.0 Å². The van der Waals surface area contributed by atoms with Gasteiger partial charge in [-0.05, 0) is 12.5 Å². The lowest BCUT2D eigenvalue weighted by Gasteiger charge is -2.08. The zero-order chi connectivity index (χ0) is 19.6. The normalized spacial score (nSPS) is 10.1. The maximum absolute atomic E-state index is 11.9. The van der Waals surface area contributed by atoms with E-state index >= 15 is 0 Å². The molecule has 0 N–H and O–H groups in total. The molecule has 0 aromatic heterocycles. The zero-order valence-electron chi connectivity index (χ0n) is 14.8. The fourth-order valence-electron chi connectivity index (χ4n) is 2.27. The van der Waals surface area contributed by atoms with E-state index in [1.165, 1.54) is 25.3 Å². The van der Waals surface area contributed by atoms with Crippen LogP contribution in [0.15, 0.2) is 48.5 Å². The fraction of sp³-hybridized carbons (Fsp3) is 0.263. The Bertz CT molecular complexity index is 805. The van der Waals surface area contributed by atoms with Crippen LogP contribution >= 0.6 is 0 Å². The fourth-order valence-corrected chi connectivity index (χ4v) is 2.27. The number of esters is 1. The van der Waals surface area contributed by atoms with E-state index in [9.17, 15) is 19.7 Å². The molecule has 0 unspecified atom stereocenters. The van der Waals surface area contributed by atoms with E-state index in [4.69, 9.17) is 14.2 Å². The topological polar surface area (TPSA) is 105 Å². The van der Waals surface area contributed by atoms with Crippen molar-refractivity contribution in [2.75, 3.05) is 20.3 Å². The summed E-state index contributed by atoms with van der Waals surface area (Å²) >= 11 is 0. The Kier molecular flexibility index (Phi) is 7.30. The molecule has 0 aliphatic carbocycles. The lowest BCUT2D eigenvalue weighted by molar-refractivity contribution is -0.385. The lowest BCUT2D eigenvalue weighted by atomic mass is 10.1. The van der Waals surface area contributed by atoms with Crippen LogP contribution in [0.1, 0.15) is 23.2 Å². The average molecular weight is 373 g/mol. The molecule has 0 fully saturated rings. The SMILES string of the molecule is COc1cc(OCC(=O)OCCCC(=O)c2ccccc2)ccc1[N+](=O)[O-]. The number of benzene rings is 2. The number of rotatable bonds is 10. The van der Waals surface area contributed by atoms with Gasteiger partial charge in [-0.15, -0.1) is 0 Å². The predicted octanol–water partition coefficient (Wildman–Crippen LogP) is 3.19. The van der Waals surface area contributed by atoms with Gasteiger partial charge in [0.15, 0.2) is 12.4 Å². The summed E-state index contributed by atoms with van der Waals surface area (Å²) in [4.78, 5) is 33.9. The van der Waals surface area contributed by atoms with Gasteiger partial charge in [-0.2, -0.15) is 0 Å². The summed E-state index contributed by atoms with van der Waals surface area (Å²) in [7, 11) is 1.30. The van der Waals surface area contributed by atoms with Crippen molar-refractivity contribution in [3.05, 3.63) is 64.2 Å². The van der Waals surface area contributed by atoms with Gasteiger partial charge in [0.05, 0.1) is 18.6 Å². The van der Waals surface area contributed by atoms with Gasteiger partial charge in [0.25, 0.3) is 0 Å². The third-order valence-corrected chi connectivity index (χ3v) is 3.61. The van der Waals surface area contributed by atoms with Crippen molar-refractivity contribution >= 4 is 17.4 Å². The van der Waals surface area contributed by atoms with Crippen LogP contribution in [0.4, 0.5) is 5.69 Å². The molecule has 0 aliphatic heterocycles. The number of carbonyl (C=O) groups is 2. The summed E-state index contributed by atoms with van der Waals surface area (Å²) in [6.45, 7) is -0.252. The number of nitro benzene ring substituents is 1. The molecule has 0 radical (unpaired) electrons. The maximum Gasteiger partial charge on any atom is 0.344 e. The van der Waals surface area contributed by atoms with Crippen LogP contribution in [0, 0.1) is 10.1 Å². The second-order valence-corrected chi connectivity index (χ2v) is 5.49. The summed E-state index contributed by atoms with van der Waals surface area (Å²) in [5.41, 5.74) is 0.426. The van der Waals surface area contributed by atoms with Crippen molar-refractivity contribution in [1.29, 1.82) is 0 Å². The molecule has 0 saturated heterocycles. The molecule has 0 amide bonds. The van der Waals surface area contributed by atoms with Crippen molar-refractivity contribution in [3.63, 3.8) is 0 Å². The van der Waals surface area contributed by atoms with Crippen molar-refractivity contribution in [2.24, 2.45) is 0 Å². The standard InChI is InChI=1S/C19H19NO7/c1-25-18-12-15(9-10-16(18)20(23)24)27-13-19(22)26-11-5-8-17(21)14-6-3-2-4-7-14/h2-4,6-7,9-10,12H,5,8,11,13H2,1H3. The van der Waals surface area contributed by atoms with Gasteiger partial charge in [-0.1, -0.05) is 30.3 Å². The molecule has 8 nitrogen and oxygen atoms in total. The van der Waals surface area contributed by atoms with Gasteiger partial charge in [-0.3, -0.25) is 14.9 Å². The summed E-state index contributed by atoms with van der Waals surface area (Å²) in [6, 6.07) is 12.8. The first-order valence-electron chi connectivity index (χ1n) is 8.20. The lowest BCUT2D eigenvalue weighted by Crippen LogP contribution is -2.16.